The van der Waals surface area contributed by atoms with Gasteiger partial charge in [-0.25, -0.2) is 4.79 Å². The topological polar surface area (TPSA) is 61.4 Å². The highest BCUT2D eigenvalue weighted by Crippen LogP contribution is 2.38. The largest absolute Gasteiger partial charge is 0.325 e. The Hall–Kier alpha value is -0.810. The van der Waals surface area contributed by atoms with Gasteiger partial charge in [0.15, 0.2) is 0 Å². The lowest BCUT2D eigenvalue weighted by atomic mass is 9.74. The summed E-state index contributed by atoms with van der Waals surface area (Å²) in [6.07, 6.45) is 6.02. The van der Waals surface area contributed by atoms with Crippen molar-refractivity contribution >= 4 is 24.3 Å². The van der Waals surface area contributed by atoms with E-state index >= 15 is 0 Å². The third kappa shape index (κ3) is 3.82. The van der Waals surface area contributed by atoms with Gasteiger partial charge in [-0.3, -0.25) is 9.69 Å². The number of nitrogens with one attached hydrogen (secondary N) is 2. The summed E-state index contributed by atoms with van der Waals surface area (Å²) in [7, 11) is 0. The van der Waals surface area contributed by atoms with Crippen LogP contribution in [-0.4, -0.2) is 42.0 Å². The summed E-state index contributed by atoms with van der Waals surface area (Å²) < 4.78 is 0. The fourth-order valence-corrected chi connectivity index (χ4v) is 3.85. The first-order valence-corrected chi connectivity index (χ1v) is 8.88. The molecule has 0 radical (unpaired) electrons. The number of hydrogen-bond donors (Lipinski definition) is 2. The Bertz CT molecular complexity index is 447. The lowest BCUT2D eigenvalue weighted by molar-refractivity contribution is -0.134. The van der Waals surface area contributed by atoms with Crippen molar-refractivity contribution in [1.82, 2.24) is 15.5 Å². The lowest BCUT2D eigenvalue weighted by Crippen LogP contribution is -2.56. The van der Waals surface area contributed by atoms with Crippen LogP contribution in [0.25, 0.3) is 0 Å². The SMILES string of the molecule is CC(C)CCC1(C2CCNCC2)NC(=O)N(CC2CC2)C1=O.Cl. The zero-order valence-corrected chi connectivity index (χ0v) is 15.1. The molecule has 132 valence electrons. The Morgan fingerprint density at radius 2 is 1.83 bits per heavy atom. The molecule has 3 rings (SSSR count). The first-order valence-electron chi connectivity index (χ1n) is 8.88. The molecule has 0 bridgehead atoms. The minimum absolute atomic E-state index is 0. The molecule has 2 aliphatic heterocycles. The van der Waals surface area contributed by atoms with Crippen LogP contribution in [0.1, 0.15) is 52.4 Å². The summed E-state index contributed by atoms with van der Waals surface area (Å²) >= 11 is 0. The Balaban J connectivity index is 0.00000192. The summed E-state index contributed by atoms with van der Waals surface area (Å²) in [5.41, 5.74) is -0.641. The predicted octanol–water partition coefficient (Wildman–Crippen LogP) is 2.54. The highest BCUT2D eigenvalue weighted by Gasteiger charge is 2.55. The molecule has 1 aliphatic carbocycles. The fourth-order valence-electron chi connectivity index (χ4n) is 3.85. The van der Waals surface area contributed by atoms with E-state index in [-0.39, 0.29) is 30.3 Å². The normalized spacial score (nSPS) is 28.9. The maximum Gasteiger partial charge on any atom is 0.325 e. The summed E-state index contributed by atoms with van der Waals surface area (Å²) in [4.78, 5) is 27.1. The van der Waals surface area contributed by atoms with E-state index < -0.39 is 5.54 Å². The van der Waals surface area contributed by atoms with Gasteiger partial charge in [0.2, 0.25) is 0 Å². The van der Waals surface area contributed by atoms with Gasteiger partial charge < -0.3 is 10.6 Å². The highest BCUT2D eigenvalue weighted by molar-refractivity contribution is 6.07. The molecule has 3 fully saturated rings. The second-order valence-corrected chi connectivity index (χ2v) is 7.72. The fraction of sp³-hybridized carbons (Fsp3) is 0.882. The molecule has 3 aliphatic rings. The molecule has 23 heavy (non-hydrogen) atoms. The Kier molecular flexibility index (Phi) is 5.95. The summed E-state index contributed by atoms with van der Waals surface area (Å²) in [5.74, 6) is 1.41. The molecule has 5 nitrogen and oxygen atoms in total. The van der Waals surface area contributed by atoms with Crippen molar-refractivity contribution in [3.05, 3.63) is 0 Å². The number of carbonyl (C=O) groups excluding carboxylic acids is 2. The van der Waals surface area contributed by atoms with Crippen molar-refractivity contribution in [2.75, 3.05) is 19.6 Å². The van der Waals surface area contributed by atoms with E-state index in [2.05, 4.69) is 24.5 Å². The van der Waals surface area contributed by atoms with E-state index in [4.69, 9.17) is 0 Å². The predicted molar refractivity (Wildman–Crippen MR) is 92.6 cm³/mol. The van der Waals surface area contributed by atoms with E-state index in [1.807, 2.05) is 0 Å². The van der Waals surface area contributed by atoms with E-state index in [1.54, 1.807) is 0 Å². The Labute approximate surface area is 145 Å². The zero-order chi connectivity index (χ0) is 15.7. The second kappa shape index (κ2) is 7.39. The molecule has 2 heterocycles. The minimum Gasteiger partial charge on any atom is -0.323 e. The van der Waals surface area contributed by atoms with Crippen LogP contribution in [0.4, 0.5) is 4.79 Å². The van der Waals surface area contributed by atoms with E-state index in [1.165, 1.54) is 4.90 Å². The number of amides is 3. The molecule has 2 saturated heterocycles. The molecule has 1 atom stereocenters. The number of nitrogens with zero attached hydrogens (tertiary/aromatic N) is 1. The summed E-state index contributed by atoms with van der Waals surface area (Å²) in [6, 6.07) is -0.154. The number of hydrogen-bond acceptors (Lipinski definition) is 3. The molecule has 2 N–H and O–H groups in total. The monoisotopic (exact) mass is 343 g/mol. The van der Waals surface area contributed by atoms with Gasteiger partial charge in [0.05, 0.1) is 0 Å². The molecule has 1 unspecified atom stereocenters. The Morgan fingerprint density at radius 1 is 1.17 bits per heavy atom. The average Bonchev–Trinajstić information content (AvgIpc) is 3.29. The van der Waals surface area contributed by atoms with Gasteiger partial charge in [0.1, 0.15) is 5.54 Å². The van der Waals surface area contributed by atoms with Gasteiger partial charge in [-0.1, -0.05) is 13.8 Å². The van der Waals surface area contributed by atoms with Crippen LogP contribution in [0.2, 0.25) is 0 Å². The standard InChI is InChI=1S/C17H29N3O2.ClH/c1-12(2)5-8-17(14-6-9-18-10-7-14)15(21)20(16(22)19-17)11-13-3-4-13;/h12-14,18H,3-11H2,1-2H3,(H,19,22);1H. The van der Waals surface area contributed by atoms with Crippen molar-refractivity contribution in [2.24, 2.45) is 17.8 Å². The van der Waals surface area contributed by atoms with Gasteiger partial charge in [-0.15, -0.1) is 12.4 Å². The molecule has 6 heteroatoms. The smallest absolute Gasteiger partial charge is 0.323 e. The van der Waals surface area contributed by atoms with Gasteiger partial charge in [-0.2, -0.15) is 0 Å². The number of urea groups is 1. The van der Waals surface area contributed by atoms with Crippen molar-refractivity contribution in [2.45, 2.75) is 57.9 Å². The van der Waals surface area contributed by atoms with Crippen molar-refractivity contribution in [1.29, 1.82) is 0 Å². The van der Waals surface area contributed by atoms with E-state index in [9.17, 15) is 9.59 Å². The maximum absolute atomic E-state index is 13.1. The van der Waals surface area contributed by atoms with Gasteiger partial charge in [0, 0.05) is 6.54 Å². The van der Waals surface area contributed by atoms with Gasteiger partial charge in [-0.05, 0) is 69.4 Å². The number of carbonyl (C=O) groups is 2. The van der Waals surface area contributed by atoms with Crippen LogP contribution in [-0.2, 0) is 4.79 Å². The quantitative estimate of drug-likeness (QED) is 0.728. The first-order chi connectivity index (χ1) is 10.5. The average molecular weight is 344 g/mol. The van der Waals surface area contributed by atoms with E-state index in [0.717, 1.165) is 51.6 Å². The number of piperidine rings is 1. The molecule has 0 aromatic rings. The number of rotatable bonds is 6. The highest BCUT2D eigenvalue weighted by atomic mass is 35.5. The van der Waals surface area contributed by atoms with Crippen LogP contribution >= 0.6 is 12.4 Å². The van der Waals surface area contributed by atoms with Gasteiger partial charge in [0.25, 0.3) is 5.91 Å². The van der Waals surface area contributed by atoms with Crippen LogP contribution in [0.3, 0.4) is 0 Å². The van der Waals surface area contributed by atoms with Crippen molar-refractivity contribution < 1.29 is 9.59 Å². The molecular weight excluding hydrogens is 314 g/mol. The van der Waals surface area contributed by atoms with Crippen molar-refractivity contribution in [3.63, 3.8) is 0 Å². The molecule has 0 aromatic heterocycles. The molecular formula is C17H30ClN3O2. The van der Waals surface area contributed by atoms with E-state index in [0.29, 0.717) is 18.4 Å². The zero-order valence-electron chi connectivity index (χ0n) is 14.3. The second-order valence-electron chi connectivity index (χ2n) is 7.72. The lowest BCUT2D eigenvalue weighted by Gasteiger charge is -2.38. The molecule has 0 spiro atoms. The summed E-state index contributed by atoms with van der Waals surface area (Å²) in [6.45, 7) is 6.87. The summed E-state index contributed by atoms with van der Waals surface area (Å²) in [5, 5.41) is 6.50. The Morgan fingerprint density at radius 3 is 2.39 bits per heavy atom. The molecule has 0 aromatic carbocycles. The van der Waals surface area contributed by atoms with Crippen LogP contribution in [0, 0.1) is 17.8 Å². The third-order valence-electron chi connectivity index (χ3n) is 5.49. The van der Waals surface area contributed by atoms with Crippen LogP contribution in [0.15, 0.2) is 0 Å². The van der Waals surface area contributed by atoms with Crippen LogP contribution in [0.5, 0.6) is 0 Å². The third-order valence-corrected chi connectivity index (χ3v) is 5.49. The number of imide groups is 1. The first kappa shape index (κ1) is 18.5. The molecule has 3 amide bonds. The maximum atomic E-state index is 13.1. The van der Waals surface area contributed by atoms with Gasteiger partial charge >= 0.3 is 6.03 Å². The minimum atomic E-state index is -0.641. The number of halogens is 1. The van der Waals surface area contributed by atoms with Crippen molar-refractivity contribution in [3.8, 4) is 0 Å². The van der Waals surface area contributed by atoms with Crippen LogP contribution < -0.4 is 10.6 Å². The molecule has 1 saturated carbocycles.